The van der Waals surface area contributed by atoms with Gasteiger partial charge in [0.15, 0.2) is 0 Å². The Morgan fingerprint density at radius 1 is 1.31 bits per heavy atom. The SMILES string of the molecule is CCCC[C@H](NC(=O)CN1C(=O)NC2(CCC(CC)CC2)C1=O)C(=O)O. The van der Waals surface area contributed by atoms with Crippen LogP contribution in [0.2, 0.25) is 0 Å². The summed E-state index contributed by atoms with van der Waals surface area (Å²) in [6.45, 7) is 3.60. The first-order chi connectivity index (χ1) is 12.3. The number of carbonyl (C=O) groups excluding carboxylic acids is 3. The average Bonchev–Trinajstić information content (AvgIpc) is 2.83. The molecule has 1 spiro atoms. The molecule has 0 bridgehead atoms. The molecule has 1 heterocycles. The van der Waals surface area contributed by atoms with Crippen LogP contribution in [0.1, 0.15) is 65.2 Å². The fraction of sp³-hybridized carbons (Fsp3) is 0.778. The molecule has 26 heavy (non-hydrogen) atoms. The van der Waals surface area contributed by atoms with E-state index >= 15 is 0 Å². The highest BCUT2D eigenvalue weighted by Crippen LogP contribution is 2.37. The maximum Gasteiger partial charge on any atom is 0.326 e. The van der Waals surface area contributed by atoms with Crippen molar-refractivity contribution in [1.82, 2.24) is 15.5 Å². The van der Waals surface area contributed by atoms with Gasteiger partial charge < -0.3 is 15.7 Å². The maximum absolute atomic E-state index is 12.8. The molecular weight excluding hydrogens is 338 g/mol. The Balaban J connectivity index is 1.96. The summed E-state index contributed by atoms with van der Waals surface area (Å²) in [5, 5.41) is 14.4. The Hall–Kier alpha value is -2.12. The molecule has 2 rings (SSSR count). The quantitative estimate of drug-likeness (QED) is 0.564. The lowest BCUT2D eigenvalue weighted by Gasteiger charge is -2.34. The molecule has 0 unspecified atom stereocenters. The summed E-state index contributed by atoms with van der Waals surface area (Å²) in [6, 6.07) is -1.57. The van der Waals surface area contributed by atoms with Crippen LogP contribution in [0.25, 0.3) is 0 Å². The lowest BCUT2D eigenvalue weighted by atomic mass is 9.75. The molecule has 0 aromatic heterocycles. The van der Waals surface area contributed by atoms with Gasteiger partial charge in [-0.15, -0.1) is 0 Å². The summed E-state index contributed by atoms with van der Waals surface area (Å²) < 4.78 is 0. The van der Waals surface area contributed by atoms with Gasteiger partial charge in [0, 0.05) is 0 Å². The molecule has 1 aliphatic carbocycles. The second kappa shape index (κ2) is 8.51. The number of nitrogens with zero attached hydrogens (tertiary/aromatic N) is 1. The second-order valence-corrected chi connectivity index (χ2v) is 7.36. The van der Waals surface area contributed by atoms with E-state index in [0.717, 1.165) is 30.6 Å². The number of aliphatic carboxylic acids is 1. The van der Waals surface area contributed by atoms with Crippen LogP contribution in [0.15, 0.2) is 0 Å². The minimum Gasteiger partial charge on any atom is -0.480 e. The van der Waals surface area contributed by atoms with Crippen LogP contribution in [0.5, 0.6) is 0 Å². The van der Waals surface area contributed by atoms with Crippen molar-refractivity contribution in [2.75, 3.05) is 6.54 Å². The Bertz CT molecular complexity index is 569. The van der Waals surface area contributed by atoms with Gasteiger partial charge in [-0.2, -0.15) is 0 Å². The molecule has 0 radical (unpaired) electrons. The van der Waals surface area contributed by atoms with Gasteiger partial charge in [0.2, 0.25) is 5.91 Å². The minimum absolute atomic E-state index is 0.320. The monoisotopic (exact) mass is 367 g/mol. The van der Waals surface area contributed by atoms with Crippen LogP contribution in [-0.4, -0.2) is 51.9 Å². The lowest BCUT2D eigenvalue weighted by Crippen LogP contribution is -2.50. The summed E-state index contributed by atoms with van der Waals surface area (Å²) in [5.74, 6) is -1.54. The van der Waals surface area contributed by atoms with Crippen molar-refractivity contribution >= 4 is 23.8 Å². The molecule has 2 fully saturated rings. The van der Waals surface area contributed by atoms with Crippen LogP contribution >= 0.6 is 0 Å². The number of hydrogen-bond acceptors (Lipinski definition) is 4. The molecule has 0 aromatic carbocycles. The normalized spacial score (nSPS) is 26.7. The molecular formula is C18H29N3O5. The number of carboxylic acid groups (broad SMARTS) is 1. The lowest BCUT2D eigenvalue weighted by molar-refractivity contribution is -0.142. The Kier molecular flexibility index (Phi) is 6.61. The largest absolute Gasteiger partial charge is 0.480 e. The van der Waals surface area contributed by atoms with Gasteiger partial charge in [-0.3, -0.25) is 14.5 Å². The van der Waals surface area contributed by atoms with Gasteiger partial charge in [0.1, 0.15) is 18.1 Å². The summed E-state index contributed by atoms with van der Waals surface area (Å²) in [4.78, 5) is 49.3. The third-order valence-corrected chi connectivity index (χ3v) is 5.56. The minimum atomic E-state index is -1.11. The summed E-state index contributed by atoms with van der Waals surface area (Å²) in [5.41, 5.74) is -0.891. The molecule has 2 aliphatic rings. The maximum atomic E-state index is 12.8. The average molecular weight is 367 g/mol. The number of unbranched alkanes of at least 4 members (excludes halogenated alkanes) is 1. The Labute approximate surface area is 153 Å². The first kappa shape index (κ1) is 20.2. The van der Waals surface area contributed by atoms with Gasteiger partial charge in [0.05, 0.1) is 0 Å². The fourth-order valence-electron chi connectivity index (χ4n) is 3.79. The van der Waals surface area contributed by atoms with Crippen LogP contribution < -0.4 is 10.6 Å². The standard InChI is InChI=1S/C18H29N3O5/c1-3-5-6-13(15(23)24)19-14(22)11-21-16(25)18(20-17(21)26)9-7-12(4-2)8-10-18/h12-13H,3-11H2,1-2H3,(H,19,22)(H,20,26)(H,23,24)/t12?,13-,18?/m0/s1. The van der Waals surface area contributed by atoms with Crippen LogP contribution in [0.3, 0.4) is 0 Å². The van der Waals surface area contributed by atoms with Crippen molar-refractivity contribution in [1.29, 1.82) is 0 Å². The van der Waals surface area contributed by atoms with E-state index < -0.39 is 36.0 Å². The Morgan fingerprint density at radius 3 is 2.50 bits per heavy atom. The summed E-state index contributed by atoms with van der Waals surface area (Å²) in [6.07, 6.45) is 5.78. The van der Waals surface area contributed by atoms with Crippen molar-refractivity contribution in [3.05, 3.63) is 0 Å². The van der Waals surface area contributed by atoms with Crippen molar-refractivity contribution in [3.8, 4) is 0 Å². The number of nitrogens with one attached hydrogen (secondary N) is 2. The third-order valence-electron chi connectivity index (χ3n) is 5.56. The predicted octanol–water partition coefficient (Wildman–Crippen LogP) is 1.64. The van der Waals surface area contributed by atoms with Gasteiger partial charge in [-0.1, -0.05) is 33.1 Å². The highest BCUT2D eigenvalue weighted by atomic mass is 16.4. The van der Waals surface area contributed by atoms with E-state index in [9.17, 15) is 24.3 Å². The Morgan fingerprint density at radius 2 is 1.96 bits per heavy atom. The van der Waals surface area contributed by atoms with E-state index in [4.69, 9.17) is 0 Å². The van der Waals surface area contributed by atoms with Gasteiger partial charge >= 0.3 is 12.0 Å². The van der Waals surface area contributed by atoms with E-state index in [2.05, 4.69) is 17.6 Å². The van der Waals surface area contributed by atoms with E-state index in [-0.39, 0.29) is 5.91 Å². The molecule has 8 nitrogen and oxygen atoms in total. The molecule has 3 N–H and O–H groups in total. The highest BCUT2D eigenvalue weighted by molar-refractivity contribution is 6.09. The van der Waals surface area contributed by atoms with Crippen molar-refractivity contribution < 1.29 is 24.3 Å². The van der Waals surface area contributed by atoms with Crippen LogP contribution in [-0.2, 0) is 14.4 Å². The molecule has 1 atom stereocenters. The van der Waals surface area contributed by atoms with Gasteiger partial charge in [-0.05, 0) is 38.0 Å². The molecule has 146 valence electrons. The van der Waals surface area contributed by atoms with E-state index in [0.29, 0.717) is 31.6 Å². The van der Waals surface area contributed by atoms with Crippen molar-refractivity contribution in [2.24, 2.45) is 5.92 Å². The molecule has 1 aliphatic heterocycles. The zero-order valence-electron chi connectivity index (χ0n) is 15.5. The third kappa shape index (κ3) is 4.34. The van der Waals surface area contributed by atoms with Crippen molar-refractivity contribution in [2.45, 2.75) is 76.8 Å². The predicted molar refractivity (Wildman–Crippen MR) is 94.3 cm³/mol. The zero-order chi connectivity index (χ0) is 19.3. The summed E-state index contributed by atoms with van der Waals surface area (Å²) in [7, 11) is 0. The first-order valence-corrected chi connectivity index (χ1v) is 9.49. The number of hydrogen-bond donors (Lipinski definition) is 3. The number of rotatable bonds is 8. The number of imide groups is 1. The molecule has 1 saturated carbocycles. The van der Waals surface area contributed by atoms with Crippen LogP contribution in [0.4, 0.5) is 4.79 Å². The fourth-order valence-corrected chi connectivity index (χ4v) is 3.79. The molecule has 8 heteroatoms. The van der Waals surface area contributed by atoms with Crippen LogP contribution in [0, 0.1) is 5.92 Å². The first-order valence-electron chi connectivity index (χ1n) is 9.49. The number of carboxylic acids is 1. The summed E-state index contributed by atoms with van der Waals surface area (Å²) >= 11 is 0. The number of amides is 4. The zero-order valence-corrected chi connectivity index (χ0v) is 15.5. The van der Waals surface area contributed by atoms with E-state index in [1.165, 1.54) is 0 Å². The highest BCUT2D eigenvalue weighted by Gasteiger charge is 2.52. The topological polar surface area (TPSA) is 116 Å². The van der Waals surface area contributed by atoms with Gasteiger partial charge in [-0.25, -0.2) is 9.59 Å². The molecule has 0 aromatic rings. The van der Waals surface area contributed by atoms with E-state index in [1.54, 1.807) is 0 Å². The number of urea groups is 1. The van der Waals surface area contributed by atoms with Gasteiger partial charge in [0.25, 0.3) is 5.91 Å². The van der Waals surface area contributed by atoms with E-state index in [1.807, 2.05) is 6.92 Å². The molecule has 1 saturated heterocycles. The number of carbonyl (C=O) groups is 4. The second-order valence-electron chi connectivity index (χ2n) is 7.36. The van der Waals surface area contributed by atoms with Crippen molar-refractivity contribution in [3.63, 3.8) is 0 Å². The molecule has 4 amide bonds. The smallest absolute Gasteiger partial charge is 0.326 e.